The molecule has 2 nitrogen and oxygen atoms in total. The molecule has 0 spiro atoms. The molecule has 102 valence electrons. The largest absolute Gasteiger partial charge is 0.496 e. The lowest BCUT2D eigenvalue weighted by Crippen LogP contribution is -2.27. The fourth-order valence-electron chi connectivity index (χ4n) is 2.00. The first kappa shape index (κ1) is 15.4. The van der Waals surface area contributed by atoms with Gasteiger partial charge >= 0.3 is 0 Å². The second-order valence-corrected chi connectivity index (χ2v) is 6.13. The minimum Gasteiger partial charge on any atom is -0.496 e. The van der Waals surface area contributed by atoms with Crippen molar-refractivity contribution in [2.75, 3.05) is 20.7 Å². The van der Waals surface area contributed by atoms with Crippen LogP contribution in [0.2, 0.25) is 0 Å². The lowest BCUT2D eigenvalue weighted by Gasteiger charge is -2.24. The van der Waals surface area contributed by atoms with Gasteiger partial charge in [-0.2, -0.15) is 0 Å². The van der Waals surface area contributed by atoms with Crippen molar-refractivity contribution in [2.24, 2.45) is 5.41 Å². The molecule has 0 aliphatic rings. The Morgan fingerprint density at radius 2 is 2.06 bits per heavy atom. The SMILES string of the molecule is CNCC(C)(C)CCc1cc(Br)c(F)cc1OC. The van der Waals surface area contributed by atoms with Crippen molar-refractivity contribution < 1.29 is 9.13 Å². The molecule has 0 aliphatic carbocycles. The molecule has 1 aromatic rings. The maximum absolute atomic E-state index is 13.4. The van der Waals surface area contributed by atoms with E-state index in [-0.39, 0.29) is 11.2 Å². The van der Waals surface area contributed by atoms with Gasteiger partial charge in [0.05, 0.1) is 11.6 Å². The van der Waals surface area contributed by atoms with Crippen molar-refractivity contribution in [2.45, 2.75) is 26.7 Å². The van der Waals surface area contributed by atoms with Gasteiger partial charge in [0.2, 0.25) is 0 Å². The Morgan fingerprint density at radius 1 is 1.39 bits per heavy atom. The smallest absolute Gasteiger partial charge is 0.141 e. The topological polar surface area (TPSA) is 21.3 Å². The van der Waals surface area contributed by atoms with Gasteiger partial charge < -0.3 is 10.1 Å². The molecule has 0 radical (unpaired) electrons. The summed E-state index contributed by atoms with van der Waals surface area (Å²) in [5.41, 5.74) is 1.25. The van der Waals surface area contributed by atoms with Crippen molar-refractivity contribution in [3.05, 3.63) is 28.0 Å². The number of hydrogen-bond donors (Lipinski definition) is 1. The Labute approximate surface area is 117 Å². The van der Waals surface area contributed by atoms with Gasteiger partial charge in [0.15, 0.2) is 0 Å². The molecule has 0 aromatic heterocycles. The minimum absolute atomic E-state index is 0.209. The van der Waals surface area contributed by atoms with Crippen molar-refractivity contribution >= 4 is 15.9 Å². The van der Waals surface area contributed by atoms with Gasteiger partial charge in [-0.25, -0.2) is 4.39 Å². The quantitative estimate of drug-likeness (QED) is 0.862. The molecule has 0 atom stereocenters. The highest BCUT2D eigenvalue weighted by atomic mass is 79.9. The zero-order chi connectivity index (χ0) is 13.8. The highest BCUT2D eigenvalue weighted by Crippen LogP contribution is 2.30. The molecule has 0 unspecified atom stereocenters. The molecule has 4 heteroatoms. The highest BCUT2D eigenvalue weighted by molar-refractivity contribution is 9.10. The molecule has 0 saturated heterocycles. The fraction of sp³-hybridized carbons (Fsp3) is 0.571. The maximum atomic E-state index is 13.4. The molecule has 0 fully saturated rings. The van der Waals surface area contributed by atoms with Gasteiger partial charge in [-0.05, 0) is 59.4 Å². The Hall–Kier alpha value is -0.610. The van der Waals surface area contributed by atoms with Crippen molar-refractivity contribution in [1.29, 1.82) is 0 Å². The molecule has 0 amide bonds. The molecule has 1 rings (SSSR count). The van der Waals surface area contributed by atoms with Crippen LogP contribution in [0.1, 0.15) is 25.8 Å². The lowest BCUT2D eigenvalue weighted by molar-refractivity contribution is 0.321. The predicted octanol–water partition coefficient (Wildman–Crippen LogP) is 3.78. The second kappa shape index (κ2) is 6.53. The number of nitrogens with one attached hydrogen (secondary N) is 1. The summed E-state index contributed by atoms with van der Waals surface area (Å²) in [7, 11) is 3.53. The van der Waals surface area contributed by atoms with E-state index in [4.69, 9.17) is 4.74 Å². The van der Waals surface area contributed by atoms with Crippen LogP contribution in [0.25, 0.3) is 0 Å². The molecular weight excluding hydrogens is 297 g/mol. The predicted molar refractivity (Wildman–Crippen MR) is 76.7 cm³/mol. The summed E-state index contributed by atoms with van der Waals surface area (Å²) in [5.74, 6) is 0.334. The van der Waals surface area contributed by atoms with Crippen LogP contribution < -0.4 is 10.1 Å². The third kappa shape index (κ3) is 4.25. The van der Waals surface area contributed by atoms with Crippen molar-refractivity contribution in [3.8, 4) is 5.75 Å². The summed E-state index contributed by atoms with van der Waals surface area (Å²) in [6, 6.07) is 3.24. The monoisotopic (exact) mass is 317 g/mol. The van der Waals surface area contributed by atoms with Gasteiger partial charge in [-0.15, -0.1) is 0 Å². The van der Waals surface area contributed by atoms with E-state index in [0.29, 0.717) is 10.2 Å². The summed E-state index contributed by atoms with van der Waals surface area (Å²) < 4.78 is 19.1. The average Bonchev–Trinajstić information content (AvgIpc) is 2.30. The maximum Gasteiger partial charge on any atom is 0.141 e. The van der Waals surface area contributed by atoms with E-state index in [0.717, 1.165) is 24.9 Å². The van der Waals surface area contributed by atoms with Crippen LogP contribution in [-0.4, -0.2) is 20.7 Å². The zero-order valence-electron chi connectivity index (χ0n) is 11.4. The molecule has 0 heterocycles. The first-order valence-corrected chi connectivity index (χ1v) is 6.85. The number of aryl methyl sites for hydroxylation is 1. The Kier molecular flexibility index (Phi) is 5.60. The standard InChI is InChI=1S/C14H21BrFNO/c1-14(2,9-17-3)6-5-10-7-11(15)12(16)8-13(10)18-4/h7-8,17H,5-6,9H2,1-4H3. The van der Waals surface area contributed by atoms with Gasteiger partial charge in [-0.3, -0.25) is 0 Å². The third-order valence-corrected chi connectivity index (χ3v) is 3.66. The molecule has 1 aromatic carbocycles. The van der Waals surface area contributed by atoms with Crippen LogP contribution in [0.4, 0.5) is 4.39 Å². The average molecular weight is 318 g/mol. The summed E-state index contributed by atoms with van der Waals surface area (Å²) in [4.78, 5) is 0. The van der Waals surface area contributed by atoms with E-state index >= 15 is 0 Å². The summed E-state index contributed by atoms with van der Waals surface area (Å²) in [5, 5.41) is 3.19. The van der Waals surface area contributed by atoms with E-state index in [1.165, 1.54) is 6.07 Å². The summed E-state index contributed by atoms with van der Waals surface area (Å²) in [6.45, 7) is 5.39. The molecule has 18 heavy (non-hydrogen) atoms. The molecule has 0 aliphatic heterocycles. The van der Waals surface area contributed by atoms with E-state index in [1.54, 1.807) is 7.11 Å². The second-order valence-electron chi connectivity index (χ2n) is 5.27. The van der Waals surface area contributed by atoms with Gasteiger partial charge in [0, 0.05) is 6.07 Å². The van der Waals surface area contributed by atoms with Crippen LogP contribution in [0.3, 0.4) is 0 Å². The minimum atomic E-state index is -0.287. The van der Waals surface area contributed by atoms with Crippen molar-refractivity contribution in [3.63, 3.8) is 0 Å². The number of hydrogen-bond acceptors (Lipinski definition) is 2. The number of benzene rings is 1. The number of rotatable bonds is 6. The molecule has 0 bridgehead atoms. The number of halogens is 2. The number of methoxy groups -OCH3 is 1. The zero-order valence-corrected chi connectivity index (χ0v) is 13.0. The normalized spacial score (nSPS) is 11.7. The first-order chi connectivity index (χ1) is 8.39. The summed E-state index contributed by atoms with van der Waals surface area (Å²) >= 11 is 3.22. The van der Waals surface area contributed by atoms with Crippen LogP contribution in [0.5, 0.6) is 5.75 Å². The number of ether oxygens (including phenoxy) is 1. The van der Waals surface area contributed by atoms with Crippen molar-refractivity contribution in [1.82, 2.24) is 5.32 Å². The Bertz CT molecular complexity index is 407. The van der Waals surface area contributed by atoms with Crippen LogP contribution in [-0.2, 0) is 6.42 Å². The summed E-state index contributed by atoms with van der Waals surface area (Å²) in [6.07, 6.45) is 1.89. The van der Waals surface area contributed by atoms with E-state index in [2.05, 4.69) is 35.1 Å². The lowest BCUT2D eigenvalue weighted by atomic mass is 9.86. The van der Waals surface area contributed by atoms with Crippen LogP contribution >= 0.6 is 15.9 Å². The van der Waals surface area contributed by atoms with Gasteiger partial charge in [0.1, 0.15) is 11.6 Å². The fourth-order valence-corrected chi connectivity index (χ4v) is 2.39. The van der Waals surface area contributed by atoms with E-state index in [1.807, 2.05) is 13.1 Å². The molecular formula is C14H21BrFNO. The third-order valence-electron chi connectivity index (χ3n) is 3.05. The highest BCUT2D eigenvalue weighted by Gasteiger charge is 2.18. The Morgan fingerprint density at radius 3 is 2.61 bits per heavy atom. The molecule has 0 saturated carbocycles. The van der Waals surface area contributed by atoms with Crippen LogP contribution in [0, 0.1) is 11.2 Å². The van der Waals surface area contributed by atoms with E-state index < -0.39 is 0 Å². The van der Waals surface area contributed by atoms with Crippen LogP contribution in [0.15, 0.2) is 16.6 Å². The van der Waals surface area contributed by atoms with E-state index in [9.17, 15) is 4.39 Å². The van der Waals surface area contributed by atoms with Gasteiger partial charge in [-0.1, -0.05) is 13.8 Å². The Balaban J connectivity index is 2.81. The first-order valence-electron chi connectivity index (χ1n) is 6.06. The molecule has 1 N–H and O–H groups in total. The van der Waals surface area contributed by atoms with Gasteiger partial charge in [0.25, 0.3) is 0 Å².